The lowest BCUT2D eigenvalue weighted by Gasteiger charge is -2.58. The summed E-state index contributed by atoms with van der Waals surface area (Å²) in [4.78, 5) is 24.5. The van der Waals surface area contributed by atoms with Gasteiger partial charge in [0.1, 0.15) is 5.78 Å². The van der Waals surface area contributed by atoms with Crippen LogP contribution >= 0.6 is 0 Å². The summed E-state index contributed by atoms with van der Waals surface area (Å²) in [6, 6.07) is 0. The number of ketones is 2. The van der Waals surface area contributed by atoms with Crippen LogP contribution in [0, 0.1) is 39.9 Å². The molecule has 0 spiro atoms. The van der Waals surface area contributed by atoms with Crippen LogP contribution in [0.2, 0.25) is 0 Å². The summed E-state index contributed by atoms with van der Waals surface area (Å²) < 4.78 is 0. The fourth-order valence-electron chi connectivity index (χ4n) is 7.53. The molecule has 0 saturated heterocycles. The average Bonchev–Trinajstić information content (AvgIpc) is 2.77. The summed E-state index contributed by atoms with van der Waals surface area (Å²) >= 11 is 0. The number of carbonyl (C=O) groups excluding carboxylic acids is 2. The number of fused-ring (bicyclic) bond motifs is 5. The lowest BCUT2D eigenvalue weighted by molar-refractivity contribution is -0.140. The Morgan fingerprint density at radius 1 is 1.16 bits per heavy atom. The molecular formula is C23H32O2. The normalized spacial score (nSPS) is 51.4. The first-order chi connectivity index (χ1) is 11.6. The smallest absolute Gasteiger partial charge is 0.178 e. The molecule has 0 unspecified atom stereocenters. The van der Waals surface area contributed by atoms with Crippen LogP contribution in [0.1, 0.15) is 66.7 Å². The maximum absolute atomic E-state index is 12.7. The minimum Gasteiger partial charge on any atom is -0.299 e. The van der Waals surface area contributed by atoms with Gasteiger partial charge in [-0.2, -0.15) is 0 Å². The van der Waals surface area contributed by atoms with Gasteiger partial charge in [0.25, 0.3) is 0 Å². The number of Topliss-reactive ketones (excluding diaryl/α,β-unsaturated/α-hetero) is 1. The number of carbonyl (C=O) groups is 2. The van der Waals surface area contributed by atoms with Crippen LogP contribution in [-0.2, 0) is 9.59 Å². The van der Waals surface area contributed by atoms with E-state index in [9.17, 15) is 9.59 Å². The van der Waals surface area contributed by atoms with E-state index in [2.05, 4.69) is 33.8 Å². The van der Waals surface area contributed by atoms with Crippen molar-refractivity contribution in [1.29, 1.82) is 0 Å². The first-order valence-corrected chi connectivity index (χ1v) is 10.1. The average molecular weight is 341 g/mol. The van der Waals surface area contributed by atoms with Gasteiger partial charge >= 0.3 is 0 Å². The highest BCUT2D eigenvalue weighted by Crippen LogP contribution is 2.70. The Balaban J connectivity index is 1.74. The predicted molar refractivity (Wildman–Crippen MR) is 100.0 cm³/mol. The van der Waals surface area contributed by atoms with Gasteiger partial charge in [0.05, 0.1) is 0 Å². The maximum Gasteiger partial charge on any atom is 0.178 e. The molecule has 0 aromatic rings. The van der Waals surface area contributed by atoms with Gasteiger partial charge in [0, 0.05) is 10.8 Å². The number of rotatable bonds is 1. The summed E-state index contributed by atoms with van der Waals surface area (Å²) in [5, 5.41) is 0. The molecule has 0 aliphatic heterocycles. The lowest BCUT2D eigenvalue weighted by Crippen LogP contribution is -2.53. The Bertz CT molecular complexity index is 701. The molecule has 0 amide bonds. The molecule has 0 heterocycles. The molecule has 3 fully saturated rings. The van der Waals surface area contributed by atoms with Gasteiger partial charge in [-0.25, -0.2) is 0 Å². The topological polar surface area (TPSA) is 34.1 Å². The fourth-order valence-corrected chi connectivity index (χ4v) is 7.53. The Kier molecular flexibility index (Phi) is 3.57. The van der Waals surface area contributed by atoms with Gasteiger partial charge in [-0.1, -0.05) is 39.3 Å². The molecule has 4 aliphatic carbocycles. The monoisotopic (exact) mass is 340 g/mol. The largest absolute Gasteiger partial charge is 0.299 e. The standard InChI is InChI=1S/C23H32O2/c1-14-12-20-18-7-6-16-13-17(25)8-10-21(16,3)19(18)9-11-22(20,4)23(14,5)15(2)24/h8,10,13-14,18-20H,6-7,9,11-12H2,1-5H3/t14-,18+,19-,20-,21+,22+,23-/m1/s1. The van der Waals surface area contributed by atoms with Crippen molar-refractivity contribution >= 4 is 11.6 Å². The zero-order valence-corrected chi connectivity index (χ0v) is 16.4. The summed E-state index contributed by atoms with van der Waals surface area (Å²) in [5.41, 5.74) is 1.35. The molecule has 2 nitrogen and oxygen atoms in total. The molecule has 0 aromatic carbocycles. The molecule has 25 heavy (non-hydrogen) atoms. The van der Waals surface area contributed by atoms with Crippen molar-refractivity contribution in [2.45, 2.75) is 66.7 Å². The molecule has 2 heteroatoms. The second-order valence-electron chi connectivity index (χ2n) is 9.95. The molecule has 0 radical (unpaired) electrons. The van der Waals surface area contributed by atoms with E-state index in [1.165, 1.54) is 24.8 Å². The van der Waals surface area contributed by atoms with Crippen LogP contribution in [0.15, 0.2) is 23.8 Å². The van der Waals surface area contributed by atoms with Crippen molar-refractivity contribution < 1.29 is 9.59 Å². The third-order valence-corrected chi connectivity index (χ3v) is 9.46. The van der Waals surface area contributed by atoms with Gasteiger partial charge in [0.15, 0.2) is 5.78 Å². The maximum atomic E-state index is 12.7. The third kappa shape index (κ3) is 1.97. The Hall–Kier alpha value is -1.18. The third-order valence-electron chi connectivity index (χ3n) is 9.46. The molecule has 4 aliphatic rings. The van der Waals surface area contributed by atoms with Crippen molar-refractivity contribution in [3.05, 3.63) is 23.8 Å². The van der Waals surface area contributed by atoms with E-state index in [0.717, 1.165) is 12.8 Å². The first-order valence-electron chi connectivity index (χ1n) is 10.1. The molecule has 0 bridgehead atoms. The molecule has 0 aromatic heterocycles. The molecule has 3 saturated carbocycles. The fraction of sp³-hybridized carbons (Fsp3) is 0.739. The van der Waals surface area contributed by atoms with Crippen LogP contribution in [0.3, 0.4) is 0 Å². The van der Waals surface area contributed by atoms with Gasteiger partial charge in [-0.05, 0) is 80.3 Å². The SMILES string of the molecule is CC(=O)[C@@]1(C)[C@H](C)C[C@@H]2[C@H]3CCC4=CC(=O)C=C[C@]4(C)[C@@H]3CC[C@@]21C. The Morgan fingerprint density at radius 3 is 2.56 bits per heavy atom. The van der Waals surface area contributed by atoms with Gasteiger partial charge < -0.3 is 0 Å². The molecular weight excluding hydrogens is 308 g/mol. The minimum atomic E-state index is -0.183. The summed E-state index contributed by atoms with van der Waals surface area (Å²) in [6.45, 7) is 11.1. The number of hydrogen-bond donors (Lipinski definition) is 0. The minimum absolute atomic E-state index is 0.0522. The van der Waals surface area contributed by atoms with Gasteiger partial charge in [-0.3, -0.25) is 9.59 Å². The van der Waals surface area contributed by atoms with Crippen LogP contribution in [-0.4, -0.2) is 11.6 Å². The number of allylic oxidation sites excluding steroid dienone is 4. The second kappa shape index (κ2) is 5.18. The van der Waals surface area contributed by atoms with E-state index in [0.29, 0.717) is 29.5 Å². The van der Waals surface area contributed by atoms with E-state index in [4.69, 9.17) is 0 Å². The predicted octanol–water partition coefficient (Wildman–Crippen LogP) is 5.14. The van der Waals surface area contributed by atoms with Crippen LogP contribution in [0.5, 0.6) is 0 Å². The molecule has 7 atom stereocenters. The van der Waals surface area contributed by atoms with Crippen molar-refractivity contribution in [1.82, 2.24) is 0 Å². The van der Waals surface area contributed by atoms with E-state index in [1.54, 1.807) is 6.08 Å². The van der Waals surface area contributed by atoms with Crippen LogP contribution in [0.25, 0.3) is 0 Å². The van der Waals surface area contributed by atoms with Gasteiger partial charge in [0.2, 0.25) is 0 Å². The Morgan fingerprint density at radius 2 is 1.88 bits per heavy atom. The quantitative estimate of drug-likeness (QED) is 0.662. The highest BCUT2D eigenvalue weighted by molar-refractivity contribution is 6.01. The summed E-state index contributed by atoms with van der Waals surface area (Å²) in [7, 11) is 0. The van der Waals surface area contributed by atoms with Crippen molar-refractivity contribution in [3.8, 4) is 0 Å². The van der Waals surface area contributed by atoms with E-state index >= 15 is 0 Å². The van der Waals surface area contributed by atoms with Crippen LogP contribution < -0.4 is 0 Å². The summed E-state index contributed by atoms with van der Waals surface area (Å²) in [5.74, 6) is 2.95. The first kappa shape index (κ1) is 17.2. The second-order valence-corrected chi connectivity index (χ2v) is 9.95. The molecule has 136 valence electrons. The van der Waals surface area contributed by atoms with E-state index < -0.39 is 0 Å². The summed E-state index contributed by atoms with van der Waals surface area (Å²) in [6.07, 6.45) is 11.6. The van der Waals surface area contributed by atoms with Crippen molar-refractivity contribution in [2.75, 3.05) is 0 Å². The van der Waals surface area contributed by atoms with Crippen molar-refractivity contribution in [3.63, 3.8) is 0 Å². The highest BCUT2D eigenvalue weighted by Gasteiger charge is 2.66. The van der Waals surface area contributed by atoms with E-state index in [-0.39, 0.29) is 22.0 Å². The van der Waals surface area contributed by atoms with E-state index in [1.807, 2.05) is 13.0 Å². The molecule has 4 rings (SSSR count). The lowest BCUT2D eigenvalue weighted by atomic mass is 9.45. The zero-order valence-electron chi connectivity index (χ0n) is 16.4. The highest BCUT2D eigenvalue weighted by atomic mass is 16.1. The van der Waals surface area contributed by atoms with Gasteiger partial charge in [-0.15, -0.1) is 0 Å². The zero-order chi connectivity index (χ0) is 18.2. The van der Waals surface area contributed by atoms with Crippen LogP contribution in [0.4, 0.5) is 0 Å². The van der Waals surface area contributed by atoms with Crippen molar-refractivity contribution in [2.24, 2.45) is 39.9 Å². The number of hydrogen-bond acceptors (Lipinski definition) is 2. The Labute approximate surface area is 152 Å². The molecule has 0 N–H and O–H groups in total.